The molecule has 0 spiro atoms. The third-order valence-corrected chi connectivity index (χ3v) is 5.24. The molecular formula is C24H18Cl2FN3O2. The Bertz CT molecular complexity index is 1240. The average molecular weight is 470 g/mol. The lowest BCUT2D eigenvalue weighted by Gasteiger charge is -2.08. The van der Waals surface area contributed by atoms with Gasteiger partial charge in [0, 0.05) is 27.9 Å². The number of ether oxygens (including phenoxy) is 1. The normalized spacial score (nSPS) is 10.7. The van der Waals surface area contributed by atoms with Crippen molar-refractivity contribution in [2.75, 3.05) is 5.32 Å². The van der Waals surface area contributed by atoms with Gasteiger partial charge < -0.3 is 10.1 Å². The van der Waals surface area contributed by atoms with Gasteiger partial charge in [0.25, 0.3) is 5.91 Å². The van der Waals surface area contributed by atoms with Crippen molar-refractivity contribution in [1.82, 2.24) is 9.78 Å². The minimum Gasteiger partial charge on any atom is -0.489 e. The summed E-state index contributed by atoms with van der Waals surface area (Å²) in [6.45, 7) is 0.669. The number of nitrogens with one attached hydrogen (secondary N) is 1. The SMILES string of the molecule is O=C(Nc1ccn(Cc2ccc(F)cc2Cl)n1)c1cccc(COc2ccc(Cl)cc2)c1. The minimum absolute atomic E-state index is 0.289. The summed E-state index contributed by atoms with van der Waals surface area (Å²) in [5.74, 6) is 0.406. The van der Waals surface area contributed by atoms with E-state index in [9.17, 15) is 9.18 Å². The van der Waals surface area contributed by atoms with Crippen molar-refractivity contribution in [2.24, 2.45) is 0 Å². The molecule has 5 nitrogen and oxygen atoms in total. The summed E-state index contributed by atoms with van der Waals surface area (Å²) in [5, 5.41) is 8.07. The summed E-state index contributed by atoms with van der Waals surface area (Å²) in [6, 6.07) is 20.1. The van der Waals surface area contributed by atoms with Gasteiger partial charge in [-0.2, -0.15) is 5.10 Å². The van der Waals surface area contributed by atoms with Crippen LogP contribution in [0.3, 0.4) is 0 Å². The van der Waals surface area contributed by atoms with Crippen LogP contribution in [-0.2, 0) is 13.2 Å². The highest BCUT2D eigenvalue weighted by Gasteiger charge is 2.10. The fraction of sp³-hybridized carbons (Fsp3) is 0.0833. The van der Waals surface area contributed by atoms with Crippen molar-refractivity contribution < 1.29 is 13.9 Å². The van der Waals surface area contributed by atoms with E-state index in [-0.39, 0.29) is 5.91 Å². The number of hydrogen-bond donors (Lipinski definition) is 1. The second kappa shape index (κ2) is 9.85. The molecule has 1 amide bonds. The number of hydrogen-bond acceptors (Lipinski definition) is 3. The molecule has 0 aliphatic heterocycles. The van der Waals surface area contributed by atoms with Crippen molar-refractivity contribution in [1.29, 1.82) is 0 Å². The van der Waals surface area contributed by atoms with Gasteiger partial charge in [0.15, 0.2) is 5.82 Å². The van der Waals surface area contributed by atoms with E-state index in [4.69, 9.17) is 27.9 Å². The second-order valence-electron chi connectivity index (χ2n) is 7.03. The molecule has 0 radical (unpaired) electrons. The number of carbonyl (C=O) groups excluding carboxylic acids is 1. The summed E-state index contributed by atoms with van der Waals surface area (Å²) in [7, 11) is 0. The lowest BCUT2D eigenvalue weighted by Crippen LogP contribution is -2.13. The monoisotopic (exact) mass is 469 g/mol. The topological polar surface area (TPSA) is 56.2 Å². The van der Waals surface area contributed by atoms with E-state index in [1.807, 2.05) is 6.07 Å². The van der Waals surface area contributed by atoms with Gasteiger partial charge in [-0.15, -0.1) is 0 Å². The van der Waals surface area contributed by atoms with Gasteiger partial charge in [-0.3, -0.25) is 9.48 Å². The molecule has 1 heterocycles. The summed E-state index contributed by atoms with van der Waals surface area (Å²) in [5.41, 5.74) is 2.06. The maximum absolute atomic E-state index is 13.2. The van der Waals surface area contributed by atoms with Crippen LogP contribution in [0, 0.1) is 5.82 Å². The number of aromatic nitrogens is 2. The van der Waals surface area contributed by atoms with Crippen LogP contribution in [0.2, 0.25) is 10.0 Å². The number of anilines is 1. The number of carbonyl (C=O) groups is 1. The molecule has 32 heavy (non-hydrogen) atoms. The molecule has 0 atom stereocenters. The molecule has 162 valence electrons. The molecular weight excluding hydrogens is 452 g/mol. The Labute approximate surface area is 194 Å². The Balaban J connectivity index is 1.37. The van der Waals surface area contributed by atoms with Crippen molar-refractivity contribution in [3.63, 3.8) is 0 Å². The molecule has 0 saturated heterocycles. The molecule has 0 fully saturated rings. The third-order valence-electron chi connectivity index (χ3n) is 4.64. The predicted molar refractivity (Wildman–Crippen MR) is 123 cm³/mol. The highest BCUT2D eigenvalue weighted by atomic mass is 35.5. The van der Waals surface area contributed by atoms with Gasteiger partial charge in [-0.25, -0.2) is 4.39 Å². The Kier molecular flexibility index (Phi) is 6.73. The first-order valence-corrected chi connectivity index (χ1v) is 10.5. The van der Waals surface area contributed by atoms with Crippen LogP contribution in [0.15, 0.2) is 79.0 Å². The van der Waals surface area contributed by atoms with E-state index in [1.165, 1.54) is 12.1 Å². The maximum atomic E-state index is 13.2. The van der Waals surface area contributed by atoms with Gasteiger partial charge in [-0.05, 0) is 59.7 Å². The van der Waals surface area contributed by atoms with Crippen molar-refractivity contribution >= 4 is 34.9 Å². The smallest absolute Gasteiger partial charge is 0.256 e. The van der Waals surface area contributed by atoms with E-state index < -0.39 is 5.82 Å². The van der Waals surface area contributed by atoms with E-state index in [0.29, 0.717) is 40.3 Å². The van der Waals surface area contributed by atoms with E-state index in [0.717, 1.165) is 11.1 Å². The molecule has 4 aromatic rings. The van der Waals surface area contributed by atoms with Gasteiger partial charge in [-0.1, -0.05) is 41.4 Å². The van der Waals surface area contributed by atoms with Crippen LogP contribution in [0.5, 0.6) is 5.75 Å². The molecule has 3 aromatic carbocycles. The summed E-state index contributed by atoms with van der Waals surface area (Å²) < 4.78 is 20.6. The van der Waals surface area contributed by atoms with Crippen LogP contribution < -0.4 is 10.1 Å². The number of rotatable bonds is 7. The molecule has 0 aliphatic rings. The van der Waals surface area contributed by atoms with Crippen LogP contribution in [-0.4, -0.2) is 15.7 Å². The lowest BCUT2D eigenvalue weighted by atomic mass is 10.1. The molecule has 0 unspecified atom stereocenters. The molecule has 1 aromatic heterocycles. The second-order valence-corrected chi connectivity index (χ2v) is 7.88. The Morgan fingerprint density at radius 3 is 2.62 bits per heavy atom. The largest absolute Gasteiger partial charge is 0.489 e. The predicted octanol–water partition coefficient (Wildman–Crippen LogP) is 6.21. The summed E-state index contributed by atoms with van der Waals surface area (Å²) in [4.78, 5) is 12.7. The lowest BCUT2D eigenvalue weighted by molar-refractivity contribution is 0.102. The Morgan fingerprint density at radius 2 is 1.84 bits per heavy atom. The van der Waals surface area contributed by atoms with E-state index in [2.05, 4.69) is 10.4 Å². The Hall–Kier alpha value is -3.35. The molecule has 0 saturated carbocycles. The third kappa shape index (κ3) is 5.66. The highest BCUT2D eigenvalue weighted by Crippen LogP contribution is 2.19. The van der Waals surface area contributed by atoms with Gasteiger partial charge >= 0.3 is 0 Å². The number of amides is 1. The molecule has 1 N–H and O–H groups in total. The quantitative estimate of drug-likeness (QED) is 0.350. The number of halogens is 3. The highest BCUT2D eigenvalue weighted by molar-refractivity contribution is 6.31. The van der Waals surface area contributed by atoms with Crippen molar-refractivity contribution in [2.45, 2.75) is 13.2 Å². The zero-order valence-corrected chi connectivity index (χ0v) is 18.3. The molecule has 0 aliphatic carbocycles. The molecule has 0 bridgehead atoms. The molecule has 8 heteroatoms. The van der Waals surface area contributed by atoms with Crippen LogP contribution in [0.1, 0.15) is 21.5 Å². The summed E-state index contributed by atoms with van der Waals surface area (Å²) in [6.07, 6.45) is 1.71. The zero-order valence-electron chi connectivity index (χ0n) is 16.8. The van der Waals surface area contributed by atoms with Crippen molar-refractivity contribution in [3.8, 4) is 5.75 Å². The van der Waals surface area contributed by atoms with Crippen LogP contribution >= 0.6 is 23.2 Å². The average Bonchev–Trinajstić information content (AvgIpc) is 3.22. The summed E-state index contributed by atoms with van der Waals surface area (Å²) >= 11 is 11.9. The first-order valence-electron chi connectivity index (χ1n) is 9.72. The first-order chi connectivity index (χ1) is 15.5. The van der Waals surface area contributed by atoms with Gasteiger partial charge in [0.05, 0.1) is 6.54 Å². The number of nitrogens with zero attached hydrogens (tertiary/aromatic N) is 2. The van der Waals surface area contributed by atoms with Crippen LogP contribution in [0.25, 0.3) is 0 Å². The van der Waals surface area contributed by atoms with Crippen molar-refractivity contribution in [3.05, 3.63) is 112 Å². The number of benzene rings is 3. The van der Waals surface area contributed by atoms with E-state index in [1.54, 1.807) is 65.5 Å². The minimum atomic E-state index is -0.395. The van der Waals surface area contributed by atoms with Gasteiger partial charge in [0.1, 0.15) is 18.2 Å². The zero-order chi connectivity index (χ0) is 22.5. The molecule has 4 rings (SSSR count). The fourth-order valence-electron chi connectivity index (χ4n) is 3.03. The van der Waals surface area contributed by atoms with E-state index >= 15 is 0 Å². The first kappa shape index (κ1) is 21.9. The fourth-order valence-corrected chi connectivity index (χ4v) is 3.38. The van der Waals surface area contributed by atoms with Crippen LogP contribution in [0.4, 0.5) is 10.2 Å². The Morgan fingerprint density at radius 1 is 1.03 bits per heavy atom. The standard InChI is InChI=1S/C24H18Cl2FN3O2/c25-19-5-8-21(9-6-19)32-15-16-2-1-3-17(12-16)24(31)28-23-10-11-30(29-23)14-18-4-7-20(27)13-22(18)26/h1-13H,14-15H2,(H,28,29,31). The van der Waals surface area contributed by atoms with Gasteiger partial charge in [0.2, 0.25) is 0 Å². The maximum Gasteiger partial charge on any atom is 0.256 e.